The third-order valence-corrected chi connectivity index (χ3v) is 5.87. The van der Waals surface area contributed by atoms with Crippen LogP contribution < -0.4 is 10.6 Å². The van der Waals surface area contributed by atoms with E-state index in [-0.39, 0.29) is 11.6 Å². The zero-order valence-electron chi connectivity index (χ0n) is 13.3. The molecule has 4 aliphatic carbocycles. The standard InChI is InChI=1S/C17H26N4O/c1-2-21-4-3-15(20-21)11-18-16(22)19-17-8-12-5-13(9-17)7-14(6-12)10-17/h3-4,12-14H,2,5-11H2,1H3,(H2,18,19,22). The van der Waals surface area contributed by atoms with E-state index in [1.54, 1.807) is 0 Å². The van der Waals surface area contributed by atoms with Crippen LogP contribution in [0.2, 0.25) is 0 Å². The van der Waals surface area contributed by atoms with E-state index >= 15 is 0 Å². The molecule has 4 fully saturated rings. The van der Waals surface area contributed by atoms with Gasteiger partial charge in [-0.2, -0.15) is 5.10 Å². The lowest BCUT2D eigenvalue weighted by Crippen LogP contribution is -2.61. The first-order chi connectivity index (χ1) is 10.6. The number of aryl methyl sites for hydroxylation is 1. The van der Waals surface area contributed by atoms with E-state index in [1.165, 1.54) is 38.5 Å². The van der Waals surface area contributed by atoms with Gasteiger partial charge in [0.1, 0.15) is 0 Å². The normalized spacial score (nSPS) is 35.6. The summed E-state index contributed by atoms with van der Waals surface area (Å²) in [7, 11) is 0. The van der Waals surface area contributed by atoms with Gasteiger partial charge in [-0.25, -0.2) is 4.79 Å². The van der Waals surface area contributed by atoms with Crippen LogP contribution in [0.3, 0.4) is 0 Å². The predicted molar refractivity (Wildman–Crippen MR) is 84.2 cm³/mol. The highest BCUT2D eigenvalue weighted by molar-refractivity contribution is 5.74. The summed E-state index contributed by atoms with van der Waals surface area (Å²) in [5.74, 6) is 2.56. The molecule has 4 aliphatic rings. The summed E-state index contributed by atoms with van der Waals surface area (Å²) < 4.78 is 1.88. The molecule has 4 saturated carbocycles. The van der Waals surface area contributed by atoms with Crippen molar-refractivity contribution in [3.63, 3.8) is 0 Å². The van der Waals surface area contributed by atoms with Gasteiger partial charge in [-0.05, 0) is 69.3 Å². The minimum atomic E-state index is -0.0204. The molecule has 2 N–H and O–H groups in total. The van der Waals surface area contributed by atoms with Gasteiger partial charge in [0.2, 0.25) is 0 Å². The number of nitrogens with zero attached hydrogens (tertiary/aromatic N) is 2. The second-order valence-electron chi connectivity index (χ2n) is 7.67. The van der Waals surface area contributed by atoms with Crippen LogP contribution in [0.1, 0.15) is 51.1 Å². The molecule has 0 spiro atoms. The maximum absolute atomic E-state index is 12.3. The summed E-state index contributed by atoms with van der Waals surface area (Å²) in [4.78, 5) is 12.3. The molecule has 1 aromatic heterocycles. The van der Waals surface area contributed by atoms with Crippen molar-refractivity contribution in [2.45, 2.75) is 64.1 Å². The summed E-state index contributed by atoms with van der Waals surface area (Å²) in [6.45, 7) is 3.43. The number of nitrogens with one attached hydrogen (secondary N) is 2. The summed E-state index contributed by atoms with van der Waals surface area (Å²) in [5.41, 5.74) is 1.00. The lowest BCUT2D eigenvalue weighted by molar-refractivity contribution is -0.0135. The fraction of sp³-hybridized carbons (Fsp3) is 0.765. The van der Waals surface area contributed by atoms with Crippen molar-refractivity contribution in [2.75, 3.05) is 0 Å². The second-order valence-corrected chi connectivity index (χ2v) is 7.67. The van der Waals surface area contributed by atoms with E-state index in [0.29, 0.717) is 6.54 Å². The van der Waals surface area contributed by atoms with Gasteiger partial charge >= 0.3 is 6.03 Å². The molecule has 4 bridgehead atoms. The first-order valence-corrected chi connectivity index (χ1v) is 8.72. The molecular formula is C17H26N4O. The molecule has 22 heavy (non-hydrogen) atoms. The van der Waals surface area contributed by atoms with Crippen LogP contribution in [0.5, 0.6) is 0 Å². The molecule has 5 rings (SSSR count). The minimum absolute atomic E-state index is 0.0204. The van der Waals surface area contributed by atoms with Crippen LogP contribution in [0.15, 0.2) is 12.3 Å². The van der Waals surface area contributed by atoms with Crippen molar-refractivity contribution in [1.29, 1.82) is 0 Å². The van der Waals surface area contributed by atoms with Crippen molar-refractivity contribution < 1.29 is 4.79 Å². The molecule has 0 aliphatic heterocycles. The lowest BCUT2D eigenvalue weighted by Gasteiger charge is -2.56. The molecule has 5 heteroatoms. The Morgan fingerprint density at radius 1 is 1.27 bits per heavy atom. The Morgan fingerprint density at radius 2 is 1.91 bits per heavy atom. The highest BCUT2D eigenvalue weighted by Gasteiger charge is 2.51. The average molecular weight is 302 g/mol. The van der Waals surface area contributed by atoms with Crippen LogP contribution in [-0.2, 0) is 13.1 Å². The molecule has 120 valence electrons. The van der Waals surface area contributed by atoms with Crippen LogP contribution in [-0.4, -0.2) is 21.4 Å². The highest BCUT2D eigenvalue weighted by Crippen LogP contribution is 2.55. The van der Waals surface area contributed by atoms with Gasteiger partial charge in [-0.15, -0.1) is 0 Å². The summed E-state index contributed by atoms with van der Waals surface area (Å²) in [6.07, 6.45) is 9.73. The number of hydrogen-bond donors (Lipinski definition) is 2. The van der Waals surface area contributed by atoms with Crippen molar-refractivity contribution in [1.82, 2.24) is 20.4 Å². The maximum atomic E-state index is 12.3. The minimum Gasteiger partial charge on any atom is -0.333 e. The first-order valence-electron chi connectivity index (χ1n) is 8.72. The molecule has 0 unspecified atom stereocenters. The molecule has 1 aromatic rings. The van der Waals surface area contributed by atoms with E-state index < -0.39 is 0 Å². The van der Waals surface area contributed by atoms with Gasteiger partial charge in [-0.1, -0.05) is 0 Å². The Hall–Kier alpha value is -1.52. The SMILES string of the molecule is CCn1ccc(CNC(=O)NC23CC4CC(CC(C4)C2)C3)n1. The Bertz CT molecular complexity index is 529. The zero-order chi connectivity index (χ0) is 15.2. The highest BCUT2D eigenvalue weighted by atomic mass is 16.2. The number of rotatable bonds is 4. The molecular weight excluding hydrogens is 276 g/mol. The number of carbonyl (C=O) groups is 1. The number of aromatic nitrogens is 2. The molecule has 0 aromatic carbocycles. The van der Waals surface area contributed by atoms with E-state index in [2.05, 4.69) is 22.7 Å². The molecule has 0 saturated heterocycles. The van der Waals surface area contributed by atoms with Gasteiger partial charge in [0.05, 0.1) is 12.2 Å². The van der Waals surface area contributed by atoms with Gasteiger partial charge in [0.25, 0.3) is 0 Å². The number of amides is 2. The van der Waals surface area contributed by atoms with E-state index in [4.69, 9.17) is 0 Å². The monoisotopic (exact) mass is 302 g/mol. The van der Waals surface area contributed by atoms with E-state index in [9.17, 15) is 4.79 Å². The Labute approximate surface area is 131 Å². The van der Waals surface area contributed by atoms with Gasteiger partial charge < -0.3 is 10.6 Å². The predicted octanol–water partition coefficient (Wildman–Crippen LogP) is 2.67. The van der Waals surface area contributed by atoms with Crippen LogP contribution >= 0.6 is 0 Å². The summed E-state index contributed by atoms with van der Waals surface area (Å²) in [6, 6.07) is 1.95. The van der Waals surface area contributed by atoms with Crippen LogP contribution in [0.4, 0.5) is 4.79 Å². The number of urea groups is 1. The lowest BCUT2D eigenvalue weighted by atomic mass is 9.53. The molecule has 5 nitrogen and oxygen atoms in total. The fourth-order valence-electron chi connectivity index (χ4n) is 5.39. The zero-order valence-corrected chi connectivity index (χ0v) is 13.3. The largest absolute Gasteiger partial charge is 0.333 e. The number of hydrogen-bond acceptors (Lipinski definition) is 2. The van der Waals surface area contributed by atoms with Crippen molar-refractivity contribution in [2.24, 2.45) is 17.8 Å². The average Bonchev–Trinajstić information content (AvgIpc) is 2.91. The second kappa shape index (κ2) is 5.28. The van der Waals surface area contributed by atoms with Gasteiger partial charge in [0.15, 0.2) is 0 Å². The van der Waals surface area contributed by atoms with Crippen molar-refractivity contribution in [3.8, 4) is 0 Å². The van der Waals surface area contributed by atoms with E-state index in [1.807, 2.05) is 16.9 Å². The number of carbonyl (C=O) groups excluding carboxylic acids is 1. The molecule has 2 amide bonds. The Morgan fingerprint density at radius 3 is 2.45 bits per heavy atom. The summed E-state index contributed by atoms with van der Waals surface area (Å²) in [5, 5.41) is 10.7. The summed E-state index contributed by atoms with van der Waals surface area (Å²) >= 11 is 0. The van der Waals surface area contributed by atoms with Gasteiger partial charge in [-0.3, -0.25) is 4.68 Å². The smallest absolute Gasteiger partial charge is 0.315 e. The third-order valence-electron chi connectivity index (χ3n) is 5.87. The maximum Gasteiger partial charge on any atom is 0.315 e. The Balaban J connectivity index is 1.34. The third kappa shape index (κ3) is 2.61. The topological polar surface area (TPSA) is 59.0 Å². The Kier molecular flexibility index (Phi) is 3.39. The fourth-order valence-corrected chi connectivity index (χ4v) is 5.39. The first kappa shape index (κ1) is 14.1. The van der Waals surface area contributed by atoms with Crippen LogP contribution in [0, 0.1) is 17.8 Å². The quantitative estimate of drug-likeness (QED) is 0.898. The van der Waals surface area contributed by atoms with Crippen LogP contribution in [0.25, 0.3) is 0 Å². The van der Waals surface area contributed by atoms with Crippen molar-refractivity contribution >= 4 is 6.03 Å². The van der Waals surface area contributed by atoms with Crippen molar-refractivity contribution in [3.05, 3.63) is 18.0 Å². The van der Waals surface area contributed by atoms with Gasteiger partial charge in [0, 0.05) is 18.3 Å². The molecule has 0 radical (unpaired) electrons. The molecule has 1 heterocycles. The van der Waals surface area contributed by atoms with E-state index in [0.717, 1.165) is 30.0 Å². The molecule has 0 atom stereocenters.